The summed E-state index contributed by atoms with van der Waals surface area (Å²) < 4.78 is 7.39. The zero-order chi connectivity index (χ0) is 19.5. The van der Waals surface area contributed by atoms with Crippen LogP contribution in [0.1, 0.15) is 29.2 Å². The first-order valence-electron chi connectivity index (χ1n) is 9.27. The van der Waals surface area contributed by atoms with Crippen LogP contribution in [0.2, 0.25) is 0 Å². The number of carbonyl (C=O) groups excluding carboxylic acids is 1. The van der Waals surface area contributed by atoms with Crippen LogP contribution in [-0.4, -0.2) is 51.4 Å². The van der Waals surface area contributed by atoms with Gasteiger partial charge in [0.05, 0.1) is 17.8 Å². The lowest BCUT2D eigenvalue weighted by Crippen LogP contribution is -2.41. The molecule has 144 valence electrons. The number of piperidine rings is 1. The first kappa shape index (κ1) is 18.0. The number of likely N-dealkylation sites (tertiary alicyclic amines) is 1. The molecule has 0 aliphatic carbocycles. The Labute approximate surface area is 162 Å². The van der Waals surface area contributed by atoms with E-state index in [1.807, 2.05) is 42.5 Å². The van der Waals surface area contributed by atoms with Gasteiger partial charge in [0.1, 0.15) is 5.75 Å². The molecule has 7 heteroatoms. The number of hydrogen-bond acceptors (Lipinski definition) is 4. The molecule has 7 nitrogen and oxygen atoms in total. The Morgan fingerprint density at radius 1 is 1.11 bits per heavy atom. The Kier molecular flexibility index (Phi) is 4.97. The molecule has 0 radical (unpaired) electrons. The fourth-order valence-electron chi connectivity index (χ4n) is 3.52. The summed E-state index contributed by atoms with van der Waals surface area (Å²) in [7, 11) is 0. The highest BCUT2D eigenvalue weighted by atomic mass is 16.5. The molecule has 1 aromatic heterocycles. The van der Waals surface area contributed by atoms with Crippen LogP contribution in [0.4, 0.5) is 0 Å². The molecule has 0 atom stereocenters. The van der Waals surface area contributed by atoms with Crippen LogP contribution < -0.4 is 4.74 Å². The number of ether oxygens (including phenoxy) is 1. The van der Waals surface area contributed by atoms with Crippen LogP contribution in [0, 0.1) is 0 Å². The number of amides is 1. The summed E-state index contributed by atoms with van der Waals surface area (Å²) >= 11 is 0. The molecule has 1 fully saturated rings. The van der Waals surface area contributed by atoms with Gasteiger partial charge in [0, 0.05) is 19.3 Å². The molecule has 1 N–H and O–H groups in total. The molecule has 0 unspecified atom stereocenters. The number of carboxylic acid groups (broad SMARTS) is 1. The first-order valence-corrected chi connectivity index (χ1v) is 9.27. The van der Waals surface area contributed by atoms with Gasteiger partial charge in [0.15, 0.2) is 6.61 Å². The van der Waals surface area contributed by atoms with Crippen LogP contribution in [0.3, 0.4) is 0 Å². The van der Waals surface area contributed by atoms with Gasteiger partial charge in [-0.25, -0.2) is 4.79 Å². The molecule has 2 aromatic carbocycles. The standard InChI is InChI=1S/C21H21N3O4/c25-20(14-28-19-6-5-15-3-1-2-4-16(15)11-19)23-9-7-18(8-10-23)24-13-17(12-22-24)21(26)27/h1-6,11-13,18H,7-10,14H2,(H,26,27). The number of aromatic nitrogens is 2. The predicted octanol–water partition coefficient (Wildman–Crippen LogP) is 2.98. The molecule has 1 aliphatic rings. The van der Waals surface area contributed by atoms with Crippen molar-refractivity contribution in [3.8, 4) is 5.75 Å². The number of nitrogens with zero attached hydrogens (tertiary/aromatic N) is 3. The Morgan fingerprint density at radius 3 is 2.57 bits per heavy atom. The van der Waals surface area contributed by atoms with E-state index in [4.69, 9.17) is 9.84 Å². The van der Waals surface area contributed by atoms with Crippen molar-refractivity contribution in [3.05, 3.63) is 60.4 Å². The van der Waals surface area contributed by atoms with E-state index in [0.717, 1.165) is 23.6 Å². The van der Waals surface area contributed by atoms with Crippen LogP contribution >= 0.6 is 0 Å². The second-order valence-electron chi connectivity index (χ2n) is 6.92. The van der Waals surface area contributed by atoms with Gasteiger partial charge in [-0.2, -0.15) is 5.10 Å². The fourth-order valence-corrected chi connectivity index (χ4v) is 3.52. The van der Waals surface area contributed by atoms with Gasteiger partial charge in [0.25, 0.3) is 5.91 Å². The molecule has 0 spiro atoms. The molecular weight excluding hydrogens is 358 g/mol. The number of hydrogen-bond donors (Lipinski definition) is 1. The monoisotopic (exact) mass is 379 g/mol. The van der Waals surface area contributed by atoms with E-state index in [-0.39, 0.29) is 24.1 Å². The summed E-state index contributed by atoms with van der Waals surface area (Å²) in [4.78, 5) is 25.2. The summed E-state index contributed by atoms with van der Waals surface area (Å²) in [6.45, 7) is 1.22. The van der Waals surface area contributed by atoms with Crippen molar-refractivity contribution in [3.63, 3.8) is 0 Å². The van der Waals surface area contributed by atoms with Gasteiger partial charge >= 0.3 is 5.97 Å². The van der Waals surface area contributed by atoms with Gasteiger partial charge in [-0.15, -0.1) is 0 Å². The highest BCUT2D eigenvalue weighted by Crippen LogP contribution is 2.23. The normalized spacial score (nSPS) is 14.9. The molecule has 0 bridgehead atoms. The van der Waals surface area contributed by atoms with Crippen molar-refractivity contribution in [2.45, 2.75) is 18.9 Å². The molecule has 2 heterocycles. The maximum Gasteiger partial charge on any atom is 0.338 e. The van der Waals surface area contributed by atoms with E-state index in [9.17, 15) is 9.59 Å². The second kappa shape index (κ2) is 7.72. The average Bonchev–Trinajstić information content (AvgIpc) is 3.23. The molecular formula is C21H21N3O4. The van der Waals surface area contributed by atoms with Gasteiger partial charge in [0.2, 0.25) is 0 Å². The SMILES string of the molecule is O=C(O)c1cnn(C2CCN(C(=O)COc3ccc4ccccc4c3)CC2)c1. The number of carbonyl (C=O) groups is 2. The minimum Gasteiger partial charge on any atom is -0.484 e. The Balaban J connectivity index is 1.30. The Bertz CT molecular complexity index is 1010. The van der Waals surface area contributed by atoms with Gasteiger partial charge in [-0.05, 0) is 35.7 Å². The van der Waals surface area contributed by atoms with Crippen molar-refractivity contribution in [1.29, 1.82) is 0 Å². The second-order valence-corrected chi connectivity index (χ2v) is 6.92. The van der Waals surface area contributed by atoms with Crippen molar-refractivity contribution < 1.29 is 19.4 Å². The van der Waals surface area contributed by atoms with Crippen molar-refractivity contribution in [2.24, 2.45) is 0 Å². The largest absolute Gasteiger partial charge is 0.484 e. The van der Waals surface area contributed by atoms with E-state index in [0.29, 0.717) is 18.8 Å². The summed E-state index contributed by atoms with van der Waals surface area (Å²) in [6, 6.07) is 13.9. The Hall–Kier alpha value is -3.35. The zero-order valence-electron chi connectivity index (χ0n) is 15.3. The van der Waals surface area contributed by atoms with Crippen LogP contribution in [0.15, 0.2) is 54.9 Å². The maximum atomic E-state index is 12.5. The smallest absolute Gasteiger partial charge is 0.338 e. The van der Waals surface area contributed by atoms with Crippen LogP contribution in [-0.2, 0) is 4.79 Å². The summed E-state index contributed by atoms with van der Waals surface area (Å²) in [5.41, 5.74) is 0.183. The van der Waals surface area contributed by atoms with Crippen molar-refractivity contribution >= 4 is 22.6 Å². The maximum absolute atomic E-state index is 12.5. The fraction of sp³-hybridized carbons (Fsp3) is 0.286. The zero-order valence-corrected chi connectivity index (χ0v) is 15.3. The van der Waals surface area contributed by atoms with E-state index < -0.39 is 5.97 Å². The van der Waals surface area contributed by atoms with Crippen LogP contribution in [0.5, 0.6) is 5.75 Å². The lowest BCUT2D eigenvalue weighted by molar-refractivity contribution is -0.134. The third-order valence-electron chi connectivity index (χ3n) is 5.12. The molecule has 1 amide bonds. The number of aromatic carboxylic acids is 1. The molecule has 1 aliphatic heterocycles. The van der Waals surface area contributed by atoms with Crippen molar-refractivity contribution in [2.75, 3.05) is 19.7 Å². The number of fused-ring (bicyclic) bond motifs is 1. The highest BCUT2D eigenvalue weighted by Gasteiger charge is 2.25. The molecule has 4 rings (SSSR count). The first-order chi connectivity index (χ1) is 13.6. The van der Waals surface area contributed by atoms with Gasteiger partial charge in [-0.3, -0.25) is 9.48 Å². The van der Waals surface area contributed by atoms with E-state index in [1.165, 1.54) is 6.20 Å². The third kappa shape index (κ3) is 3.83. The predicted molar refractivity (Wildman–Crippen MR) is 103 cm³/mol. The third-order valence-corrected chi connectivity index (χ3v) is 5.12. The topological polar surface area (TPSA) is 84.7 Å². The average molecular weight is 379 g/mol. The summed E-state index contributed by atoms with van der Waals surface area (Å²) in [5.74, 6) is -0.345. The number of rotatable bonds is 5. The molecule has 1 saturated heterocycles. The molecule has 28 heavy (non-hydrogen) atoms. The minimum absolute atomic E-state index is 0.00788. The van der Waals surface area contributed by atoms with Gasteiger partial charge in [-0.1, -0.05) is 30.3 Å². The van der Waals surface area contributed by atoms with Crippen molar-refractivity contribution in [1.82, 2.24) is 14.7 Å². The quantitative estimate of drug-likeness (QED) is 0.737. The lowest BCUT2D eigenvalue weighted by atomic mass is 10.1. The molecule has 0 saturated carbocycles. The minimum atomic E-state index is -0.982. The summed E-state index contributed by atoms with van der Waals surface area (Å²) in [5, 5.41) is 15.4. The van der Waals surface area contributed by atoms with E-state index >= 15 is 0 Å². The van der Waals surface area contributed by atoms with E-state index in [1.54, 1.807) is 15.8 Å². The lowest BCUT2D eigenvalue weighted by Gasteiger charge is -2.32. The Morgan fingerprint density at radius 2 is 1.86 bits per heavy atom. The van der Waals surface area contributed by atoms with Gasteiger partial charge < -0.3 is 14.7 Å². The highest BCUT2D eigenvalue weighted by molar-refractivity contribution is 5.86. The van der Waals surface area contributed by atoms with Crippen LogP contribution in [0.25, 0.3) is 10.8 Å². The number of carboxylic acids is 1. The van der Waals surface area contributed by atoms with E-state index in [2.05, 4.69) is 5.10 Å². The number of benzene rings is 2. The summed E-state index contributed by atoms with van der Waals surface area (Å²) in [6.07, 6.45) is 4.38. The molecule has 3 aromatic rings.